The molecule has 0 radical (unpaired) electrons. The maximum atomic E-state index is 13.9. The largest absolute Gasteiger partial charge is 0.504 e. The number of fused-ring (bicyclic) bond motifs is 1. The van der Waals surface area contributed by atoms with Crippen molar-refractivity contribution in [1.29, 1.82) is 0 Å². The van der Waals surface area contributed by atoms with E-state index in [1.807, 2.05) is 19.1 Å². The summed E-state index contributed by atoms with van der Waals surface area (Å²) in [5.74, 6) is 0.323. The monoisotopic (exact) mass is 586 g/mol. The van der Waals surface area contributed by atoms with Crippen LogP contribution in [0.3, 0.4) is 0 Å². The number of carbonyl (C=O) groups is 1. The third-order valence-electron chi connectivity index (χ3n) is 5.88. The summed E-state index contributed by atoms with van der Waals surface area (Å²) in [5.41, 5.74) is 1.93. The molecule has 0 amide bonds. The third-order valence-corrected chi connectivity index (χ3v) is 7.36. The van der Waals surface area contributed by atoms with Crippen LogP contribution in [0.1, 0.15) is 43.9 Å². The first-order chi connectivity index (χ1) is 17.8. The van der Waals surface area contributed by atoms with Gasteiger partial charge in [0.15, 0.2) is 16.3 Å². The van der Waals surface area contributed by atoms with Gasteiger partial charge in [-0.1, -0.05) is 46.7 Å². The van der Waals surface area contributed by atoms with E-state index in [4.69, 9.17) is 19.2 Å². The number of hydrogen-bond acceptors (Lipinski definition) is 8. The maximum Gasteiger partial charge on any atom is 0.338 e. The fourth-order valence-electron chi connectivity index (χ4n) is 4.27. The molecule has 0 unspecified atom stereocenters. The van der Waals surface area contributed by atoms with E-state index in [1.54, 1.807) is 38.3 Å². The molecule has 0 saturated carbocycles. The lowest BCUT2D eigenvalue weighted by molar-refractivity contribution is -0.139. The van der Waals surface area contributed by atoms with Crippen molar-refractivity contribution in [2.75, 3.05) is 20.8 Å². The van der Waals surface area contributed by atoms with Gasteiger partial charge in [-0.3, -0.25) is 9.36 Å². The SMILES string of the molecule is CCCC1=C(C(=O)OCC)[C@H](c2cc(Br)ccc2OC)n2c(s/c(=C/c3ccc(O)c(OC)c3)c2=O)=N1. The van der Waals surface area contributed by atoms with Crippen LogP contribution in [0.4, 0.5) is 0 Å². The van der Waals surface area contributed by atoms with E-state index < -0.39 is 12.0 Å². The van der Waals surface area contributed by atoms with Crippen LogP contribution in [0, 0.1) is 0 Å². The zero-order valence-corrected chi connectivity index (χ0v) is 23.3. The second-order valence-corrected chi connectivity index (χ2v) is 10.2. The summed E-state index contributed by atoms with van der Waals surface area (Å²) >= 11 is 4.75. The van der Waals surface area contributed by atoms with Crippen LogP contribution < -0.4 is 24.4 Å². The van der Waals surface area contributed by atoms with Gasteiger partial charge in [0, 0.05) is 10.0 Å². The van der Waals surface area contributed by atoms with E-state index in [9.17, 15) is 14.7 Å². The summed E-state index contributed by atoms with van der Waals surface area (Å²) in [7, 11) is 3.01. The molecule has 4 rings (SSSR count). The average Bonchev–Trinajstić information content (AvgIpc) is 3.19. The topological polar surface area (TPSA) is 99.4 Å². The van der Waals surface area contributed by atoms with Crippen molar-refractivity contribution in [3.63, 3.8) is 0 Å². The van der Waals surface area contributed by atoms with Crippen LogP contribution in [-0.2, 0) is 9.53 Å². The second kappa shape index (κ2) is 11.4. The molecule has 2 heterocycles. The van der Waals surface area contributed by atoms with Crippen LogP contribution in [0.15, 0.2) is 61.9 Å². The van der Waals surface area contributed by atoms with Crippen LogP contribution in [-0.4, -0.2) is 36.5 Å². The summed E-state index contributed by atoms with van der Waals surface area (Å²) in [4.78, 5) is 32.4. The molecular weight excluding hydrogens is 560 g/mol. The summed E-state index contributed by atoms with van der Waals surface area (Å²) in [6.45, 7) is 3.94. The van der Waals surface area contributed by atoms with Crippen molar-refractivity contribution in [2.45, 2.75) is 32.7 Å². The Morgan fingerprint density at radius 3 is 2.59 bits per heavy atom. The van der Waals surface area contributed by atoms with E-state index in [0.717, 1.165) is 10.9 Å². The summed E-state index contributed by atoms with van der Waals surface area (Å²) in [6, 6.07) is 9.53. The maximum absolute atomic E-state index is 13.9. The number of esters is 1. The van der Waals surface area contributed by atoms with Crippen molar-refractivity contribution in [2.24, 2.45) is 4.99 Å². The Morgan fingerprint density at radius 1 is 1.16 bits per heavy atom. The number of phenols is 1. The number of allylic oxidation sites excluding steroid dienone is 1. The summed E-state index contributed by atoms with van der Waals surface area (Å²) in [6.07, 6.45) is 3.02. The predicted molar refractivity (Wildman–Crippen MR) is 145 cm³/mol. The lowest BCUT2D eigenvalue weighted by Crippen LogP contribution is -2.40. The molecule has 1 aliphatic rings. The van der Waals surface area contributed by atoms with E-state index in [2.05, 4.69) is 15.9 Å². The number of methoxy groups -OCH3 is 2. The van der Waals surface area contributed by atoms with Gasteiger partial charge in [0.1, 0.15) is 11.8 Å². The number of phenolic OH excluding ortho intramolecular Hbond substituents is 1. The van der Waals surface area contributed by atoms with Crippen LogP contribution in [0.25, 0.3) is 6.08 Å². The van der Waals surface area contributed by atoms with Gasteiger partial charge < -0.3 is 19.3 Å². The number of ether oxygens (including phenoxy) is 3. The molecule has 10 heteroatoms. The zero-order chi connectivity index (χ0) is 26.7. The van der Waals surface area contributed by atoms with Crippen LogP contribution in [0.2, 0.25) is 0 Å². The second-order valence-electron chi connectivity index (χ2n) is 8.23. The molecule has 0 spiro atoms. The van der Waals surface area contributed by atoms with Gasteiger partial charge in [-0.2, -0.15) is 0 Å². The summed E-state index contributed by atoms with van der Waals surface area (Å²) in [5, 5.41) is 9.94. The van der Waals surface area contributed by atoms with E-state index in [-0.39, 0.29) is 17.9 Å². The van der Waals surface area contributed by atoms with Gasteiger partial charge in [0.25, 0.3) is 5.56 Å². The van der Waals surface area contributed by atoms with Crippen LogP contribution in [0.5, 0.6) is 17.2 Å². The minimum Gasteiger partial charge on any atom is -0.504 e. The number of halogens is 1. The smallest absolute Gasteiger partial charge is 0.338 e. The number of aromatic nitrogens is 1. The number of carbonyl (C=O) groups excluding carboxylic acids is 1. The number of thiazole rings is 1. The Labute approximate surface area is 226 Å². The molecule has 0 saturated heterocycles. The lowest BCUT2D eigenvalue weighted by Gasteiger charge is -2.27. The van der Waals surface area contributed by atoms with Crippen molar-refractivity contribution in [3.05, 3.63) is 83.0 Å². The molecule has 0 aliphatic carbocycles. The van der Waals surface area contributed by atoms with E-state index in [1.165, 1.54) is 29.1 Å². The summed E-state index contributed by atoms with van der Waals surface area (Å²) < 4.78 is 19.0. The first kappa shape index (κ1) is 26.7. The van der Waals surface area contributed by atoms with E-state index in [0.29, 0.717) is 49.7 Å². The van der Waals surface area contributed by atoms with Gasteiger partial charge >= 0.3 is 5.97 Å². The van der Waals surface area contributed by atoms with Gasteiger partial charge in [-0.05, 0) is 55.3 Å². The molecule has 1 aromatic heterocycles. The molecule has 1 aliphatic heterocycles. The van der Waals surface area contributed by atoms with Crippen LogP contribution >= 0.6 is 27.3 Å². The molecule has 194 valence electrons. The third kappa shape index (κ3) is 5.21. The number of aromatic hydroxyl groups is 1. The fraction of sp³-hybridized carbons (Fsp3) is 0.296. The van der Waals surface area contributed by atoms with Gasteiger partial charge in [0.05, 0.1) is 36.6 Å². The minimum absolute atomic E-state index is 0.00569. The highest BCUT2D eigenvalue weighted by atomic mass is 79.9. The first-order valence-electron chi connectivity index (χ1n) is 11.7. The number of hydrogen-bond donors (Lipinski definition) is 1. The molecular formula is C27H27BrN2O6S. The quantitative estimate of drug-likeness (QED) is 0.399. The van der Waals surface area contributed by atoms with Crippen molar-refractivity contribution < 1.29 is 24.1 Å². The molecule has 0 fully saturated rings. The normalized spacial score (nSPS) is 15.3. The highest BCUT2D eigenvalue weighted by Crippen LogP contribution is 2.38. The highest BCUT2D eigenvalue weighted by Gasteiger charge is 2.36. The van der Waals surface area contributed by atoms with Crippen molar-refractivity contribution >= 4 is 39.3 Å². The molecule has 2 aromatic carbocycles. The standard InChI is InChI=1S/C27H27BrN2O6S/c1-5-7-18-23(26(33)36-6-2)24(17-14-16(28)9-11-20(17)34-3)30-25(32)22(37-27(30)29-18)13-15-8-10-19(31)21(12-15)35-4/h8-14,24,31H,5-7H2,1-4H3/b22-13+/t24-/m0/s1. The number of benzene rings is 2. The predicted octanol–water partition coefficient (Wildman–Crippen LogP) is 4.06. The van der Waals surface area contributed by atoms with Gasteiger partial charge in [-0.15, -0.1) is 0 Å². The Balaban J connectivity index is 2.04. The minimum atomic E-state index is -0.791. The molecule has 37 heavy (non-hydrogen) atoms. The lowest BCUT2D eigenvalue weighted by atomic mass is 9.93. The molecule has 1 atom stereocenters. The van der Waals surface area contributed by atoms with E-state index >= 15 is 0 Å². The van der Waals surface area contributed by atoms with Crippen molar-refractivity contribution in [1.82, 2.24) is 4.57 Å². The Hall–Kier alpha value is -3.37. The van der Waals surface area contributed by atoms with Crippen molar-refractivity contribution in [3.8, 4) is 17.2 Å². The Morgan fingerprint density at radius 2 is 1.92 bits per heavy atom. The Bertz CT molecular complexity index is 1560. The molecule has 1 N–H and O–H groups in total. The average molecular weight is 587 g/mol. The Kier molecular flexibility index (Phi) is 8.19. The molecule has 8 nitrogen and oxygen atoms in total. The molecule has 3 aromatic rings. The number of nitrogens with zero attached hydrogens (tertiary/aromatic N) is 2. The van der Waals surface area contributed by atoms with Gasteiger partial charge in [0.2, 0.25) is 0 Å². The number of rotatable bonds is 8. The first-order valence-corrected chi connectivity index (χ1v) is 13.4. The fourth-order valence-corrected chi connectivity index (χ4v) is 5.67. The van der Waals surface area contributed by atoms with Gasteiger partial charge in [-0.25, -0.2) is 9.79 Å². The zero-order valence-electron chi connectivity index (χ0n) is 20.9. The highest BCUT2D eigenvalue weighted by molar-refractivity contribution is 9.10. The molecule has 0 bridgehead atoms.